The molecule has 2 aliphatic rings. The van der Waals surface area contributed by atoms with Crippen LogP contribution in [0.3, 0.4) is 0 Å². The number of hydrogen-bond donors (Lipinski definition) is 1. The van der Waals surface area contributed by atoms with Crippen LogP contribution in [0.1, 0.15) is 64.2 Å². The van der Waals surface area contributed by atoms with E-state index >= 15 is 0 Å². The van der Waals surface area contributed by atoms with E-state index in [1.807, 2.05) is 6.33 Å². The molecule has 2 heterocycles. The fraction of sp³-hybridized carbons (Fsp3) is 0.867. The van der Waals surface area contributed by atoms with Gasteiger partial charge in [-0.2, -0.15) is 5.10 Å². The molecule has 1 aliphatic heterocycles. The Morgan fingerprint density at radius 1 is 1.45 bits per heavy atom. The molecule has 1 aliphatic carbocycles. The van der Waals surface area contributed by atoms with Gasteiger partial charge in [-0.1, -0.05) is 26.7 Å². The minimum atomic E-state index is 0.144. The highest BCUT2D eigenvalue weighted by molar-refractivity contribution is 4.94. The van der Waals surface area contributed by atoms with Crippen LogP contribution in [0.25, 0.3) is 0 Å². The van der Waals surface area contributed by atoms with E-state index < -0.39 is 0 Å². The Balaban J connectivity index is 1.63. The molecule has 1 saturated heterocycles. The van der Waals surface area contributed by atoms with Crippen molar-refractivity contribution in [2.24, 2.45) is 0 Å². The summed E-state index contributed by atoms with van der Waals surface area (Å²) in [6, 6.07) is 0.925. The maximum absolute atomic E-state index is 6.09. The van der Waals surface area contributed by atoms with Crippen molar-refractivity contribution in [3.05, 3.63) is 12.2 Å². The molecular weight excluding hydrogens is 252 g/mol. The van der Waals surface area contributed by atoms with E-state index in [0.29, 0.717) is 12.1 Å². The van der Waals surface area contributed by atoms with Gasteiger partial charge in [-0.05, 0) is 25.7 Å². The second-order valence-electron chi connectivity index (χ2n) is 6.56. The molecule has 1 saturated carbocycles. The molecular formula is C15H26N4O. The van der Waals surface area contributed by atoms with Gasteiger partial charge in [0, 0.05) is 12.6 Å². The van der Waals surface area contributed by atoms with Crippen molar-refractivity contribution < 1.29 is 4.74 Å². The van der Waals surface area contributed by atoms with Crippen LogP contribution in [-0.2, 0) is 11.3 Å². The van der Waals surface area contributed by atoms with Crippen molar-refractivity contribution in [2.45, 2.75) is 76.6 Å². The van der Waals surface area contributed by atoms with Gasteiger partial charge in [0.05, 0.1) is 18.2 Å². The monoisotopic (exact) mass is 278 g/mol. The Morgan fingerprint density at radius 3 is 3.00 bits per heavy atom. The predicted molar refractivity (Wildman–Crippen MR) is 77.4 cm³/mol. The minimum Gasteiger partial charge on any atom is -0.375 e. The molecule has 0 amide bonds. The third-order valence-corrected chi connectivity index (χ3v) is 4.58. The average molecular weight is 278 g/mol. The molecule has 3 rings (SSSR count). The second kappa shape index (κ2) is 5.82. The van der Waals surface area contributed by atoms with Crippen molar-refractivity contribution in [3.8, 4) is 0 Å². The summed E-state index contributed by atoms with van der Waals surface area (Å²) in [4.78, 5) is 4.43. The summed E-state index contributed by atoms with van der Waals surface area (Å²) in [5, 5.41) is 8.01. The maximum Gasteiger partial charge on any atom is 0.164 e. The van der Waals surface area contributed by atoms with Gasteiger partial charge in [-0.25, -0.2) is 9.67 Å². The molecule has 20 heavy (non-hydrogen) atoms. The molecule has 1 atom stereocenters. The topological polar surface area (TPSA) is 52.0 Å². The van der Waals surface area contributed by atoms with E-state index in [1.165, 1.54) is 25.7 Å². The van der Waals surface area contributed by atoms with Crippen molar-refractivity contribution in [1.29, 1.82) is 0 Å². The zero-order valence-electron chi connectivity index (χ0n) is 12.6. The molecule has 1 aromatic rings. The third-order valence-electron chi connectivity index (χ3n) is 4.58. The van der Waals surface area contributed by atoms with Gasteiger partial charge in [0.15, 0.2) is 5.82 Å². The van der Waals surface area contributed by atoms with Crippen molar-refractivity contribution >= 4 is 0 Å². The first-order chi connectivity index (χ1) is 9.67. The van der Waals surface area contributed by atoms with Crippen molar-refractivity contribution in [1.82, 2.24) is 20.1 Å². The first kappa shape index (κ1) is 14.0. The lowest BCUT2D eigenvalue weighted by atomic mass is 9.89. The number of rotatable bonds is 4. The van der Waals surface area contributed by atoms with Crippen LogP contribution in [0.15, 0.2) is 6.33 Å². The summed E-state index contributed by atoms with van der Waals surface area (Å²) in [5.74, 6) is 0.894. The molecule has 0 radical (unpaired) electrons. The highest BCUT2D eigenvalue weighted by atomic mass is 16.5. The fourth-order valence-corrected chi connectivity index (χ4v) is 3.46. The van der Waals surface area contributed by atoms with Crippen LogP contribution in [-0.4, -0.2) is 33.0 Å². The lowest BCUT2D eigenvalue weighted by molar-refractivity contribution is -0.0910. The molecule has 0 bridgehead atoms. The average Bonchev–Trinajstić information content (AvgIpc) is 3.06. The quantitative estimate of drug-likeness (QED) is 0.919. The standard InChI is InChI=1S/C15H26N4O/c1-12(2)16-10-14-17-11-19(18-14)13-5-8-20-15(9-13)6-3-4-7-15/h11-13,16H,3-10H2,1-2H3. The van der Waals surface area contributed by atoms with Crippen LogP contribution in [0.2, 0.25) is 0 Å². The first-order valence-electron chi connectivity index (χ1n) is 7.94. The first-order valence-corrected chi connectivity index (χ1v) is 7.94. The number of nitrogens with zero attached hydrogens (tertiary/aromatic N) is 3. The number of aromatic nitrogens is 3. The predicted octanol–water partition coefficient (Wildman–Crippen LogP) is 2.44. The summed E-state index contributed by atoms with van der Waals surface area (Å²) >= 11 is 0. The van der Waals surface area contributed by atoms with Crippen LogP contribution >= 0.6 is 0 Å². The molecule has 5 heteroatoms. The summed E-state index contributed by atoms with van der Waals surface area (Å²) < 4.78 is 8.16. The molecule has 5 nitrogen and oxygen atoms in total. The van der Waals surface area contributed by atoms with Crippen LogP contribution in [0, 0.1) is 0 Å². The van der Waals surface area contributed by atoms with Gasteiger partial charge in [0.25, 0.3) is 0 Å². The van der Waals surface area contributed by atoms with Gasteiger partial charge in [-0.15, -0.1) is 0 Å². The summed E-state index contributed by atoms with van der Waals surface area (Å²) in [6.07, 6.45) is 9.13. The largest absolute Gasteiger partial charge is 0.375 e. The van der Waals surface area contributed by atoms with Crippen LogP contribution in [0.5, 0.6) is 0 Å². The van der Waals surface area contributed by atoms with E-state index in [9.17, 15) is 0 Å². The molecule has 1 unspecified atom stereocenters. The lowest BCUT2D eigenvalue weighted by Crippen LogP contribution is -2.38. The molecule has 2 fully saturated rings. The van der Waals surface area contributed by atoms with Gasteiger partial charge < -0.3 is 10.1 Å². The molecule has 1 spiro atoms. The van der Waals surface area contributed by atoms with Crippen LogP contribution in [0.4, 0.5) is 0 Å². The zero-order chi connectivity index (χ0) is 14.0. The SMILES string of the molecule is CC(C)NCc1ncn(C2CCOC3(CCCC3)C2)n1. The van der Waals surface area contributed by atoms with Gasteiger partial charge in [0.1, 0.15) is 6.33 Å². The van der Waals surface area contributed by atoms with E-state index in [4.69, 9.17) is 4.74 Å². The summed E-state index contributed by atoms with van der Waals surface area (Å²) in [5.41, 5.74) is 0.144. The number of hydrogen-bond acceptors (Lipinski definition) is 4. The van der Waals surface area contributed by atoms with Gasteiger partial charge >= 0.3 is 0 Å². The number of ether oxygens (including phenoxy) is 1. The zero-order valence-corrected chi connectivity index (χ0v) is 12.6. The number of nitrogens with one attached hydrogen (secondary N) is 1. The fourth-order valence-electron chi connectivity index (χ4n) is 3.46. The highest BCUT2D eigenvalue weighted by Gasteiger charge is 2.40. The van der Waals surface area contributed by atoms with Crippen LogP contribution < -0.4 is 5.32 Å². The van der Waals surface area contributed by atoms with Crippen molar-refractivity contribution in [2.75, 3.05) is 6.61 Å². The smallest absolute Gasteiger partial charge is 0.164 e. The lowest BCUT2D eigenvalue weighted by Gasteiger charge is -2.38. The normalized spacial score (nSPS) is 25.6. The van der Waals surface area contributed by atoms with Crippen molar-refractivity contribution in [3.63, 3.8) is 0 Å². The maximum atomic E-state index is 6.09. The minimum absolute atomic E-state index is 0.144. The summed E-state index contributed by atoms with van der Waals surface area (Å²) in [6.45, 7) is 5.89. The van der Waals surface area contributed by atoms with E-state index in [0.717, 1.165) is 31.8 Å². The third kappa shape index (κ3) is 3.04. The molecule has 1 aromatic heterocycles. The molecule has 1 N–H and O–H groups in total. The summed E-state index contributed by atoms with van der Waals surface area (Å²) in [7, 11) is 0. The Morgan fingerprint density at radius 2 is 2.25 bits per heavy atom. The molecule has 112 valence electrons. The van der Waals surface area contributed by atoms with E-state index in [1.54, 1.807) is 0 Å². The highest BCUT2D eigenvalue weighted by Crippen LogP contribution is 2.43. The molecule has 0 aromatic carbocycles. The van der Waals surface area contributed by atoms with E-state index in [2.05, 4.69) is 33.9 Å². The Hall–Kier alpha value is -0.940. The van der Waals surface area contributed by atoms with Gasteiger partial charge in [0.2, 0.25) is 0 Å². The Kier molecular flexibility index (Phi) is 4.08. The van der Waals surface area contributed by atoms with Gasteiger partial charge in [-0.3, -0.25) is 0 Å². The Bertz CT molecular complexity index is 437. The second-order valence-corrected chi connectivity index (χ2v) is 6.56. The Labute approximate surface area is 121 Å². The van der Waals surface area contributed by atoms with E-state index in [-0.39, 0.29) is 5.60 Å².